The molecule has 9 aromatic rings. The highest BCUT2D eigenvalue weighted by Gasteiger charge is 2.57. The first-order chi connectivity index (χ1) is 25.3. The molecule has 1 spiro atoms. The van der Waals surface area contributed by atoms with E-state index in [4.69, 9.17) is 4.42 Å². The minimum absolute atomic E-state index is 0.370. The molecule has 1 heterocycles. The summed E-state index contributed by atoms with van der Waals surface area (Å²) in [5, 5.41) is 10.4. The van der Waals surface area contributed by atoms with Gasteiger partial charge in [0.05, 0.1) is 5.41 Å². The molecule has 3 atom stereocenters. The van der Waals surface area contributed by atoms with Crippen LogP contribution in [-0.4, -0.2) is 0 Å². The van der Waals surface area contributed by atoms with Crippen molar-refractivity contribution < 1.29 is 4.42 Å². The van der Waals surface area contributed by atoms with Crippen LogP contribution in [-0.2, 0) is 5.41 Å². The molecule has 1 nitrogen and oxygen atoms in total. The number of furan rings is 1. The molecule has 0 bridgehead atoms. The zero-order chi connectivity index (χ0) is 33.0. The van der Waals surface area contributed by atoms with Gasteiger partial charge in [-0.25, -0.2) is 0 Å². The van der Waals surface area contributed by atoms with Crippen LogP contribution in [0, 0.1) is 11.8 Å². The molecule has 4 aliphatic rings. The summed E-state index contributed by atoms with van der Waals surface area (Å²) in [6.45, 7) is 0. The summed E-state index contributed by atoms with van der Waals surface area (Å²) < 4.78 is 6.54. The minimum Gasteiger partial charge on any atom is -0.455 e. The van der Waals surface area contributed by atoms with Crippen molar-refractivity contribution in [1.29, 1.82) is 0 Å². The Morgan fingerprint density at radius 3 is 1.94 bits per heavy atom. The second-order valence-corrected chi connectivity index (χ2v) is 15.1. The van der Waals surface area contributed by atoms with Crippen molar-refractivity contribution >= 4 is 59.8 Å². The molecule has 4 aliphatic carbocycles. The van der Waals surface area contributed by atoms with Gasteiger partial charge in [-0.05, 0) is 125 Å². The normalized spacial score (nSPS) is 20.8. The van der Waals surface area contributed by atoms with Crippen LogP contribution in [0.15, 0.2) is 168 Å². The largest absolute Gasteiger partial charge is 0.455 e. The molecular weight excluding hydrogens is 617 g/mol. The second-order valence-electron chi connectivity index (χ2n) is 15.1. The fraction of sp³-hybridized carbons (Fsp3) is 0.0800. The Balaban J connectivity index is 1.14. The fourth-order valence-corrected chi connectivity index (χ4v) is 10.6. The summed E-state index contributed by atoms with van der Waals surface area (Å²) in [6.07, 6.45) is 6.27. The summed E-state index contributed by atoms with van der Waals surface area (Å²) in [5.74, 6) is 1.24. The summed E-state index contributed by atoms with van der Waals surface area (Å²) in [7, 11) is 0. The van der Waals surface area contributed by atoms with Gasteiger partial charge in [-0.2, -0.15) is 0 Å². The minimum atomic E-state index is -0.370. The maximum atomic E-state index is 6.54. The van der Waals surface area contributed by atoms with E-state index >= 15 is 0 Å². The Morgan fingerprint density at radius 2 is 1.12 bits per heavy atom. The van der Waals surface area contributed by atoms with Crippen molar-refractivity contribution in [3.8, 4) is 22.3 Å². The van der Waals surface area contributed by atoms with Crippen molar-refractivity contribution in [1.82, 2.24) is 0 Å². The van der Waals surface area contributed by atoms with Gasteiger partial charge < -0.3 is 4.42 Å². The molecule has 8 aromatic carbocycles. The highest BCUT2D eigenvalue weighted by Crippen LogP contribution is 2.68. The Labute approximate surface area is 294 Å². The fourth-order valence-electron chi connectivity index (χ4n) is 10.6. The highest BCUT2D eigenvalue weighted by atomic mass is 16.3. The number of fused-ring (bicyclic) bond motifs is 20. The molecule has 0 N–H and O–H groups in total. The van der Waals surface area contributed by atoms with Crippen LogP contribution in [0.4, 0.5) is 0 Å². The third kappa shape index (κ3) is 3.16. The number of benzene rings is 8. The van der Waals surface area contributed by atoms with Crippen molar-refractivity contribution in [2.24, 2.45) is 11.8 Å². The maximum Gasteiger partial charge on any atom is 0.143 e. The summed E-state index contributed by atoms with van der Waals surface area (Å²) in [4.78, 5) is 0. The van der Waals surface area contributed by atoms with E-state index in [9.17, 15) is 0 Å². The van der Waals surface area contributed by atoms with E-state index in [2.05, 4.69) is 158 Å². The van der Waals surface area contributed by atoms with Crippen LogP contribution >= 0.6 is 0 Å². The lowest BCUT2D eigenvalue weighted by molar-refractivity contribution is 0.670. The molecule has 0 radical (unpaired) electrons. The van der Waals surface area contributed by atoms with Crippen molar-refractivity contribution in [2.75, 3.05) is 0 Å². The average molecular weight is 647 g/mol. The van der Waals surface area contributed by atoms with Crippen molar-refractivity contribution in [3.05, 3.63) is 186 Å². The molecule has 0 saturated heterocycles. The summed E-state index contributed by atoms with van der Waals surface area (Å²) >= 11 is 0. The lowest BCUT2D eigenvalue weighted by Gasteiger charge is -2.32. The molecule has 0 amide bonds. The first-order valence-corrected chi connectivity index (χ1v) is 18.2. The Morgan fingerprint density at radius 1 is 0.471 bits per heavy atom. The molecule has 0 aliphatic heterocycles. The molecule has 1 heteroatoms. The predicted octanol–water partition coefficient (Wildman–Crippen LogP) is 13.0. The number of para-hydroxylation sites is 2. The quantitative estimate of drug-likeness (QED) is 0.162. The number of hydrogen-bond donors (Lipinski definition) is 0. The van der Waals surface area contributed by atoms with E-state index in [1.54, 1.807) is 5.57 Å². The standard InChI is InChI=1S/C50H30O/c1-3-12-33-31(10-1)32-11-2-4-13-34(32)40-27-46-42(26-39(33)40)48-38-24-29(38)21-23-45(48)50(46)43-18-7-5-14-35(43)41-25-28(20-22-44(41)50)30-16-9-17-37-36-15-6-8-19-47(36)51-49(30)37/h1-23,25-27,29,38H,24H2. The molecule has 1 fully saturated rings. The van der Waals surface area contributed by atoms with Gasteiger partial charge in [-0.3, -0.25) is 0 Å². The summed E-state index contributed by atoms with van der Waals surface area (Å²) in [5.41, 5.74) is 15.3. The van der Waals surface area contributed by atoms with Gasteiger partial charge in [0.1, 0.15) is 11.2 Å². The van der Waals surface area contributed by atoms with Gasteiger partial charge in [-0.1, -0.05) is 133 Å². The van der Waals surface area contributed by atoms with E-state index in [1.165, 1.54) is 83.3 Å². The highest BCUT2D eigenvalue weighted by molar-refractivity contribution is 6.26. The van der Waals surface area contributed by atoms with E-state index in [-0.39, 0.29) is 5.41 Å². The van der Waals surface area contributed by atoms with Gasteiger partial charge in [0.2, 0.25) is 0 Å². The van der Waals surface area contributed by atoms with E-state index in [0.717, 1.165) is 27.5 Å². The van der Waals surface area contributed by atoms with Crippen LogP contribution in [0.25, 0.3) is 82.1 Å². The zero-order valence-electron chi connectivity index (χ0n) is 27.8. The average Bonchev–Trinajstić information content (AvgIpc) is 3.69. The molecule has 13 rings (SSSR count). The molecule has 1 saturated carbocycles. The lowest BCUT2D eigenvalue weighted by Crippen LogP contribution is -2.27. The third-order valence-corrected chi connectivity index (χ3v) is 12.8. The first-order valence-electron chi connectivity index (χ1n) is 18.2. The zero-order valence-corrected chi connectivity index (χ0v) is 27.8. The Hall–Kier alpha value is -6.18. The van der Waals surface area contributed by atoms with Gasteiger partial charge >= 0.3 is 0 Å². The van der Waals surface area contributed by atoms with Gasteiger partial charge in [0.25, 0.3) is 0 Å². The number of rotatable bonds is 1. The third-order valence-electron chi connectivity index (χ3n) is 12.8. The molecule has 51 heavy (non-hydrogen) atoms. The summed E-state index contributed by atoms with van der Waals surface area (Å²) in [6, 6.07) is 54.6. The Bertz CT molecular complexity index is 3130. The molecule has 236 valence electrons. The smallest absolute Gasteiger partial charge is 0.143 e. The topological polar surface area (TPSA) is 13.1 Å². The maximum absolute atomic E-state index is 6.54. The number of hydrogen-bond acceptors (Lipinski definition) is 1. The first kappa shape index (κ1) is 26.7. The van der Waals surface area contributed by atoms with Crippen LogP contribution < -0.4 is 0 Å². The van der Waals surface area contributed by atoms with Crippen molar-refractivity contribution in [3.63, 3.8) is 0 Å². The van der Waals surface area contributed by atoms with E-state index < -0.39 is 0 Å². The SMILES string of the molecule is C1=CC2CC2C2=C1C1(c3cc4c5ccccc5c5ccccc5c4cc32)c2ccccc2-c2cc(-c3cccc4c3oc3ccccc34)ccc21. The van der Waals surface area contributed by atoms with Crippen LogP contribution in [0.5, 0.6) is 0 Å². The van der Waals surface area contributed by atoms with Crippen molar-refractivity contribution in [2.45, 2.75) is 11.8 Å². The van der Waals surface area contributed by atoms with Crippen LogP contribution in [0.2, 0.25) is 0 Å². The van der Waals surface area contributed by atoms with Crippen LogP contribution in [0.3, 0.4) is 0 Å². The van der Waals surface area contributed by atoms with E-state index in [1.807, 2.05) is 0 Å². The Kier molecular flexibility index (Phi) is 4.77. The van der Waals surface area contributed by atoms with Gasteiger partial charge in [-0.15, -0.1) is 0 Å². The van der Waals surface area contributed by atoms with E-state index in [0.29, 0.717) is 11.8 Å². The lowest BCUT2D eigenvalue weighted by atomic mass is 9.68. The molecular formula is C50H30O. The van der Waals surface area contributed by atoms with Gasteiger partial charge in [0.15, 0.2) is 0 Å². The van der Waals surface area contributed by atoms with Gasteiger partial charge in [0, 0.05) is 16.3 Å². The molecule has 3 unspecified atom stereocenters. The second kappa shape index (κ2) is 9.13. The molecule has 1 aromatic heterocycles. The number of allylic oxidation sites excluding steroid dienone is 4. The van der Waals surface area contributed by atoms with Crippen LogP contribution in [0.1, 0.15) is 28.7 Å². The monoisotopic (exact) mass is 646 g/mol. The predicted molar refractivity (Wildman–Crippen MR) is 211 cm³/mol.